The Kier molecular flexibility index (Phi) is 5.96. The average molecular weight is 364 g/mol. The number of thiazole rings is 1. The number of piperidine rings is 1. The molecule has 6 nitrogen and oxygen atoms in total. The standard InChI is InChI=1S/C18H29N5OS/c1-5-14(12-22-9-7-6-8-10-22)23-13-19-11-15(23)16-17(24-4)20-18(25-16)21(2)3/h11,13-14H,5-10,12H2,1-4H3. The lowest BCUT2D eigenvalue weighted by Gasteiger charge is -2.31. The zero-order chi connectivity index (χ0) is 17.8. The number of ether oxygens (including phenoxy) is 1. The Balaban J connectivity index is 1.88. The Morgan fingerprint density at radius 3 is 2.68 bits per heavy atom. The van der Waals surface area contributed by atoms with Gasteiger partial charge < -0.3 is 19.1 Å². The summed E-state index contributed by atoms with van der Waals surface area (Å²) in [6.07, 6.45) is 9.00. The summed E-state index contributed by atoms with van der Waals surface area (Å²) in [4.78, 5) is 14.7. The maximum Gasteiger partial charge on any atom is 0.235 e. The molecule has 2 aromatic heterocycles. The van der Waals surface area contributed by atoms with E-state index in [1.54, 1.807) is 18.4 Å². The predicted molar refractivity (Wildman–Crippen MR) is 104 cm³/mol. The lowest BCUT2D eigenvalue weighted by molar-refractivity contribution is 0.194. The molecule has 0 aromatic carbocycles. The van der Waals surface area contributed by atoms with Crippen LogP contribution in [0.25, 0.3) is 10.6 Å². The molecule has 0 aliphatic carbocycles. The summed E-state index contributed by atoms with van der Waals surface area (Å²) in [5.74, 6) is 0.684. The molecule has 138 valence electrons. The number of hydrogen-bond acceptors (Lipinski definition) is 6. The van der Waals surface area contributed by atoms with Gasteiger partial charge in [0, 0.05) is 26.7 Å². The van der Waals surface area contributed by atoms with Crippen molar-refractivity contribution in [1.82, 2.24) is 19.4 Å². The van der Waals surface area contributed by atoms with Gasteiger partial charge in [0.25, 0.3) is 0 Å². The number of methoxy groups -OCH3 is 1. The van der Waals surface area contributed by atoms with E-state index in [4.69, 9.17) is 4.74 Å². The highest BCUT2D eigenvalue weighted by Crippen LogP contribution is 2.40. The number of likely N-dealkylation sites (tertiary alicyclic amines) is 1. The molecule has 0 amide bonds. The van der Waals surface area contributed by atoms with Crippen molar-refractivity contribution in [3.05, 3.63) is 12.5 Å². The molecule has 1 saturated heterocycles. The fourth-order valence-corrected chi connectivity index (χ4v) is 4.38. The first-order valence-electron chi connectivity index (χ1n) is 9.10. The molecule has 1 unspecified atom stereocenters. The summed E-state index contributed by atoms with van der Waals surface area (Å²) in [6, 6.07) is 0.421. The van der Waals surface area contributed by atoms with Gasteiger partial charge in [-0.1, -0.05) is 24.7 Å². The Morgan fingerprint density at radius 1 is 1.28 bits per heavy atom. The lowest BCUT2D eigenvalue weighted by Crippen LogP contribution is -2.35. The predicted octanol–water partition coefficient (Wildman–Crippen LogP) is 3.52. The van der Waals surface area contributed by atoms with Crippen LogP contribution in [0.1, 0.15) is 38.6 Å². The minimum Gasteiger partial charge on any atom is -0.480 e. The van der Waals surface area contributed by atoms with Gasteiger partial charge in [-0.3, -0.25) is 0 Å². The third-order valence-electron chi connectivity index (χ3n) is 4.84. The summed E-state index contributed by atoms with van der Waals surface area (Å²) >= 11 is 1.65. The van der Waals surface area contributed by atoms with Crippen LogP contribution in [0, 0.1) is 0 Å². The fraction of sp³-hybridized carbons (Fsp3) is 0.667. The van der Waals surface area contributed by atoms with Crippen molar-refractivity contribution in [3.8, 4) is 16.5 Å². The maximum atomic E-state index is 5.54. The van der Waals surface area contributed by atoms with Crippen molar-refractivity contribution in [2.75, 3.05) is 45.7 Å². The molecule has 0 saturated carbocycles. The first-order chi connectivity index (χ1) is 12.1. The second-order valence-corrected chi connectivity index (χ2v) is 7.82. The molecular weight excluding hydrogens is 334 g/mol. The number of hydrogen-bond donors (Lipinski definition) is 0. The highest BCUT2D eigenvalue weighted by molar-refractivity contribution is 7.19. The van der Waals surface area contributed by atoms with Crippen LogP contribution in [0.4, 0.5) is 5.13 Å². The van der Waals surface area contributed by atoms with E-state index in [0.717, 1.165) is 28.7 Å². The highest BCUT2D eigenvalue weighted by atomic mass is 32.1. The van der Waals surface area contributed by atoms with E-state index in [9.17, 15) is 0 Å². The van der Waals surface area contributed by atoms with Gasteiger partial charge in [-0.05, 0) is 32.4 Å². The summed E-state index contributed by atoms with van der Waals surface area (Å²) in [7, 11) is 5.69. The Labute approximate surface area is 154 Å². The van der Waals surface area contributed by atoms with Crippen LogP contribution in [0.3, 0.4) is 0 Å². The van der Waals surface area contributed by atoms with Crippen molar-refractivity contribution in [3.63, 3.8) is 0 Å². The van der Waals surface area contributed by atoms with Gasteiger partial charge in [0.05, 0.1) is 25.3 Å². The van der Waals surface area contributed by atoms with Crippen molar-refractivity contribution < 1.29 is 4.74 Å². The van der Waals surface area contributed by atoms with Gasteiger partial charge in [-0.25, -0.2) is 4.98 Å². The third kappa shape index (κ3) is 3.98. The average Bonchev–Trinajstić information content (AvgIpc) is 3.26. The molecule has 0 N–H and O–H groups in total. The normalized spacial score (nSPS) is 16.8. The monoisotopic (exact) mass is 363 g/mol. The summed E-state index contributed by atoms with van der Waals surface area (Å²) in [6.45, 7) is 5.78. The van der Waals surface area contributed by atoms with E-state index in [1.165, 1.54) is 32.4 Å². The Morgan fingerprint density at radius 2 is 2.04 bits per heavy atom. The SMILES string of the molecule is CCC(CN1CCCCC1)n1cncc1-c1sc(N(C)C)nc1OC. The van der Waals surface area contributed by atoms with Gasteiger partial charge in [0.15, 0.2) is 5.13 Å². The number of anilines is 1. The van der Waals surface area contributed by atoms with Crippen LogP contribution in [-0.4, -0.2) is 60.3 Å². The van der Waals surface area contributed by atoms with E-state index < -0.39 is 0 Å². The molecular formula is C18H29N5OS. The number of aromatic nitrogens is 3. The third-order valence-corrected chi connectivity index (χ3v) is 6.07. The van der Waals surface area contributed by atoms with Crippen molar-refractivity contribution in [2.24, 2.45) is 0 Å². The summed E-state index contributed by atoms with van der Waals surface area (Å²) in [5.41, 5.74) is 1.10. The van der Waals surface area contributed by atoms with Gasteiger partial charge in [-0.15, -0.1) is 0 Å². The van der Waals surface area contributed by atoms with Crippen LogP contribution < -0.4 is 9.64 Å². The number of nitrogens with zero attached hydrogens (tertiary/aromatic N) is 5. The number of rotatable bonds is 7. The summed E-state index contributed by atoms with van der Waals surface area (Å²) in [5, 5.41) is 0.948. The zero-order valence-electron chi connectivity index (χ0n) is 15.7. The van der Waals surface area contributed by atoms with Crippen molar-refractivity contribution >= 4 is 16.5 Å². The highest BCUT2D eigenvalue weighted by Gasteiger charge is 2.23. The van der Waals surface area contributed by atoms with E-state index in [1.807, 2.05) is 31.5 Å². The Bertz CT molecular complexity index is 675. The molecule has 0 bridgehead atoms. The van der Waals surface area contributed by atoms with Crippen LogP contribution in [-0.2, 0) is 0 Å². The van der Waals surface area contributed by atoms with Crippen molar-refractivity contribution in [1.29, 1.82) is 0 Å². The van der Waals surface area contributed by atoms with Gasteiger partial charge in [0.2, 0.25) is 5.88 Å². The quantitative estimate of drug-likeness (QED) is 0.753. The molecule has 7 heteroatoms. The Hall–Kier alpha value is -1.60. The molecule has 1 aliphatic rings. The largest absolute Gasteiger partial charge is 0.480 e. The minimum atomic E-state index is 0.421. The van der Waals surface area contributed by atoms with E-state index in [2.05, 4.69) is 26.4 Å². The minimum absolute atomic E-state index is 0.421. The topological polar surface area (TPSA) is 46.4 Å². The number of imidazole rings is 1. The van der Waals surface area contributed by atoms with E-state index >= 15 is 0 Å². The first-order valence-corrected chi connectivity index (χ1v) is 9.92. The van der Waals surface area contributed by atoms with Crippen LogP contribution in [0.15, 0.2) is 12.5 Å². The second kappa shape index (κ2) is 8.19. The van der Waals surface area contributed by atoms with Crippen LogP contribution in [0.2, 0.25) is 0 Å². The fourth-order valence-electron chi connectivity index (χ4n) is 3.41. The smallest absolute Gasteiger partial charge is 0.235 e. The molecule has 1 aliphatic heterocycles. The van der Waals surface area contributed by atoms with Crippen LogP contribution >= 0.6 is 11.3 Å². The lowest BCUT2D eigenvalue weighted by atomic mass is 10.1. The molecule has 0 spiro atoms. The molecule has 2 aromatic rings. The van der Waals surface area contributed by atoms with Gasteiger partial charge in [0.1, 0.15) is 4.88 Å². The molecule has 1 atom stereocenters. The molecule has 1 fully saturated rings. The van der Waals surface area contributed by atoms with Gasteiger partial charge >= 0.3 is 0 Å². The second-order valence-electron chi connectivity index (χ2n) is 6.84. The molecule has 3 heterocycles. The first kappa shape index (κ1) is 18.2. The summed E-state index contributed by atoms with van der Waals surface area (Å²) < 4.78 is 7.85. The van der Waals surface area contributed by atoms with Crippen LogP contribution in [0.5, 0.6) is 5.88 Å². The zero-order valence-corrected chi connectivity index (χ0v) is 16.6. The van der Waals surface area contributed by atoms with E-state index in [0.29, 0.717) is 11.9 Å². The molecule has 0 radical (unpaired) electrons. The molecule has 25 heavy (non-hydrogen) atoms. The van der Waals surface area contributed by atoms with E-state index in [-0.39, 0.29) is 0 Å². The van der Waals surface area contributed by atoms with Gasteiger partial charge in [-0.2, -0.15) is 4.98 Å². The maximum absolute atomic E-state index is 5.54. The molecule has 3 rings (SSSR count). The van der Waals surface area contributed by atoms with Crippen molar-refractivity contribution in [2.45, 2.75) is 38.6 Å².